The van der Waals surface area contributed by atoms with Gasteiger partial charge >= 0.3 is 0 Å². The highest BCUT2D eigenvalue weighted by atomic mass is 79.9. The van der Waals surface area contributed by atoms with Crippen molar-refractivity contribution < 1.29 is 0 Å². The van der Waals surface area contributed by atoms with Crippen LogP contribution in [0.3, 0.4) is 0 Å². The van der Waals surface area contributed by atoms with E-state index in [9.17, 15) is 0 Å². The lowest BCUT2D eigenvalue weighted by Gasteiger charge is -2.05. The molecule has 0 bridgehead atoms. The molecule has 1 heterocycles. The molecule has 1 aromatic heterocycles. The minimum absolute atomic E-state index is 0.744. The number of halogens is 2. The standard InChI is InChI=1S/C11H10BrClN2/c1-8-2-3-11(10(13)4-8)15-6-9(5-12)14-7-15/h2-4,6-7H,5H2,1H3. The maximum Gasteiger partial charge on any atom is 0.0996 e. The SMILES string of the molecule is Cc1ccc(-n2cnc(CBr)c2)c(Cl)c1. The first kappa shape index (κ1) is 10.7. The fraction of sp³-hybridized carbons (Fsp3) is 0.182. The quantitative estimate of drug-likeness (QED) is 0.769. The molecule has 0 amide bonds. The van der Waals surface area contributed by atoms with Gasteiger partial charge in [-0.25, -0.2) is 4.98 Å². The second-order valence-corrected chi connectivity index (χ2v) is 4.33. The van der Waals surface area contributed by atoms with E-state index in [0.29, 0.717) is 0 Å². The lowest BCUT2D eigenvalue weighted by Crippen LogP contribution is -1.91. The van der Waals surface area contributed by atoms with Crippen LogP contribution in [0.4, 0.5) is 0 Å². The fourth-order valence-electron chi connectivity index (χ4n) is 1.39. The van der Waals surface area contributed by atoms with E-state index < -0.39 is 0 Å². The number of imidazole rings is 1. The lowest BCUT2D eigenvalue weighted by molar-refractivity contribution is 1.06. The van der Waals surface area contributed by atoms with Gasteiger partial charge in [-0.2, -0.15) is 0 Å². The largest absolute Gasteiger partial charge is 0.304 e. The number of hydrogen-bond donors (Lipinski definition) is 0. The van der Waals surface area contributed by atoms with Gasteiger partial charge in [-0.05, 0) is 24.6 Å². The van der Waals surface area contributed by atoms with Gasteiger partial charge < -0.3 is 4.57 Å². The molecular weight excluding hydrogens is 275 g/mol. The van der Waals surface area contributed by atoms with E-state index in [1.54, 1.807) is 6.33 Å². The minimum Gasteiger partial charge on any atom is -0.304 e. The molecule has 0 saturated heterocycles. The highest BCUT2D eigenvalue weighted by molar-refractivity contribution is 9.08. The summed E-state index contributed by atoms with van der Waals surface area (Å²) in [5.41, 5.74) is 3.11. The number of hydrogen-bond acceptors (Lipinski definition) is 1. The Bertz CT molecular complexity index is 479. The first-order chi connectivity index (χ1) is 7.20. The number of alkyl halides is 1. The fourth-order valence-corrected chi connectivity index (χ4v) is 2.01. The molecule has 0 aliphatic heterocycles. The molecule has 0 aliphatic carbocycles. The summed E-state index contributed by atoms with van der Waals surface area (Å²) in [7, 11) is 0. The van der Waals surface area contributed by atoms with Gasteiger partial charge in [0, 0.05) is 11.5 Å². The number of aryl methyl sites for hydroxylation is 1. The van der Waals surface area contributed by atoms with Gasteiger partial charge in [-0.15, -0.1) is 0 Å². The molecule has 0 radical (unpaired) electrons. The maximum absolute atomic E-state index is 6.16. The van der Waals surface area contributed by atoms with Gasteiger partial charge in [-0.1, -0.05) is 33.6 Å². The first-order valence-corrected chi connectivity index (χ1v) is 6.06. The Kier molecular flexibility index (Phi) is 3.12. The molecule has 1 aromatic carbocycles. The van der Waals surface area contributed by atoms with E-state index in [-0.39, 0.29) is 0 Å². The van der Waals surface area contributed by atoms with Crippen molar-refractivity contribution in [3.63, 3.8) is 0 Å². The van der Waals surface area contributed by atoms with Crippen molar-refractivity contribution in [2.75, 3.05) is 0 Å². The predicted octanol–water partition coefficient (Wildman–Crippen LogP) is 3.73. The third-order valence-corrected chi connectivity index (χ3v) is 3.03. The van der Waals surface area contributed by atoms with E-state index in [4.69, 9.17) is 11.6 Å². The van der Waals surface area contributed by atoms with Crippen LogP contribution in [0.25, 0.3) is 5.69 Å². The maximum atomic E-state index is 6.16. The predicted molar refractivity (Wildman–Crippen MR) is 65.9 cm³/mol. The van der Waals surface area contributed by atoms with E-state index in [0.717, 1.165) is 27.3 Å². The Balaban J connectivity index is 2.44. The average Bonchev–Trinajstić information content (AvgIpc) is 2.66. The van der Waals surface area contributed by atoms with Crippen molar-refractivity contribution in [1.29, 1.82) is 0 Å². The van der Waals surface area contributed by atoms with Crippen LogP contribution >= 0.6 is 27.5 Å². The summed E-state index contributed by atoms with van der Waals surface area (Å²) in [6.45, 7) is 2.02. The van der Waals surface area contributed by atoms with E-state index >= 15 is 0 Å². The third-order valence-electron chi connectivity index (χ3n) is 2.15. The number of benzene rings is 1. The summed E-state index contributed by atoms with van der Waals surface area (Å²) >= 11 is 9.52. The molecule has 2 nitrogen and oxygen atoms in total. The van der Waals surface area contributed by atoms with Crippen LogP contribution in [0.1, 0.15) is 11.3 Å². The molecule has 0 N–H and O–H groups in total. The Morgan fingerprint density at radius 1 is 1.47 bits per heavy atom. The molecule has 2 rings (SSSR count). The summed E-state index contributed by atoms with van der Waals surface area (Å²) in [5, 5.41) is 1.50. The van der Waals surface area contributed by atoms with Gasteiger partial charge in [0.25, 0.3) is 0 Å². The molecule has 0 spiro atoms. The van der Waals surface area contributed by atoms with Crippen molar-refractivity contribution in [3.8, 4) is 5.69 Å². The second kappa shape index (κ2) is 4.37. The van der Waals surface area contributed by atoms with Crippen LogP contribution in [-0.4, -0.2) is 9.55 Å². The van der Waals surface area contributed by atoms with Crippen LogP contribution in [0.2, 0.25) is 5.02 Å². The number of nitrogens with zero attached hydrogens (tertiary/aromatic N) is 2. The van der Waals surface area contributed by atoms with Crippen LogP contribution in [0, 0.1) is 6.92 Å². The average molecular weight is 286 g/mol. The normalized spacial score (nSPS) is 10.6. The molecule has 0 saturated carbocycles. The zero-order valence-electron chi connectivity index (χ0n) is 8.24. The van der Waals surface area contributed by atoms with Gasteiger partial charge in [0.05, 0.1) is 22.7 Å². The zero-order chi connectivity index (χ0) is 10.8. The van der Waals surface area contributed by atoms with Gasteiger partial charge in [0.15, 0.2) is 0 Å². The van der Waals surface area contributed by atoms with Crippen molar-refractivity contribution in [3.05, 3.63) is 47.0 Å². The summed E-state index contributed by atoms with van der Waals surface area (Å²) in [5.74, 6) is 0. The topological polar surface area (TPSA) is 17.8 Å². The van der Waals surface area contributed by atoms with Gasteiger partial charge in [0.2, 0.25) is 0 Å². The van der Waals surface area contributed by atoms with Crippen molar-refractivity contribution in [1.82, 2.24) is 9.55 Å². The molecule has 0 atom stereocenters. The Labute approximate surface area is 102 Å². The van der Waals surface area contributed by atoms with Gasteiger partial charge in [0.1, 0.15) is 0 Å². The van der Waals surface area contributed by atoms with Crippen LogP contribution in [-0.2, 0) is 5.33 Å². The second-order valence-electron chi connectivity index (χ2n) is 3.36. The monoisotopic (exact) mass is 284 g/mol. The molecule has 0 fully saturated rings. The van der Waals surface area contributed by atoms with E-state index in [1.807, 2.05) is 35.9 Å². The number of aromatic nitrogens is 2. The van der Waals surface area contributed by atoms with Gasteiger partial charge in [-0.3, -0.25) is 0 Å². The third kappa shape index (κ3) is 2.24. The molecule has 0 unspecified atom stereocenters. The minimum atomic E-state index is 0.744. The molecular formula is C11H10BrClN2. The molecule has 0 aliphatic rings. The van der Waals surface area contributed by atoms with Crippen LogP contribution in [0.5, 0.6) is 0 Å². The Morgan fingerprint density at radius 3 is 2.87 bits per heavy atom. The molecule has 15 heavy (non-hydrogen) atoms. The smallest absolute Gasteiger partial charge is 0.0996 e. The Hall–Kier alpha value is -0.800. The summed E-state index contributed by atoms with van der Waals surface area (Å²) in [4.78, 5) is 4.23. The molecule has 2 aromatic rings. The molecule has 4 heteroatoms. The lowest BCUT2D eigenvalue weighted by atomic mass is 10.2. The van der Waals surface area contributed by atoms with Crippen molar-refractivity contribution >= 4 is 27.5 Å². The van der Waals surface area contributed by atoms with Crippen molar-refractivity contribution in [2.24, 2.45) is 0 Å². The summed E-state index contributed by atoms with van der Waals surface area (Å²) in [6, 6.07) is 5.98. The van der Waals surface area contributed by atoms with Crippen LogP contribution in [0.15, 0.2) is 30.7 Å². The number of rotatable bonds is 2. The summed E-state index contributed by atoms with van der Waals surface area (Å²) < 4.78 is 1.93. The van der Waals surface area contributed by atoms with Crippen molar-refractivity contribution in [2.45, 2.75) is 12.3 Å². The highest BCUT2D eigenvalue weighted by Crippen LogP contribution is 2.22. The summed E-state index contributed by atoms with van der Waals surface area (Å²) in [6.07, 6.45) is 3.73. The van der Waals surface area contributed by atoms with Crippen LogP contribution < -0.4 is 0 Å². The zero-order valence-corrected chi connectivity index (χ0v) is 10.6. The molecule has 78 valence electrons. The highest BCUT2D eigenvalue weighted by Gasteiger charge is 2.04. The van der Waals surface area contributed by atoms with E-state index in [2.05, 4.69) is 20.9 Å². The van der Waals surface area contributed by atoms with E-state index in [1.165, 1.54) is 0 Å². The Morgan fingerprint density at radius 2 is 2.27 bits per heavy atom. The first-order valence-electron chi connectivity index (χ1n) is 4.56.